The second kappa shape index (κ2) is 9.27. The van der Waals surface area contributed by atoms with Crippen LogP contribution in [0.2, 0.25) is 0 Å². The lowest BCUT2D eigenvalue weighted by Gasteiger charge is -2.26. The second-order valence-corrected chi connectivity index (χ2v) is 8.85. The summed E-state index contributed by atoms with van der Waals surface area (Å²) in [4.78, 5) is 13.0. The molecule has 0 saturated heterocycles. The molecular formula is C30H26N2O4. The molecule has 6 heteroatoms. The third-order valence-corrected chi connectivity index (χ3v) is 6.72. The van der Waals surface area contributed by atoms with Gasteiger partial charge in [-0.05, 0) is 54.7 Å². The van der Waals surface area contributed by atoms with E-state index < -0.39 is 5.97 Å². The van der Waals surface area contributed by atoms with E-state index in [4.69, 9.17) is 19.6 Å². The molecule has 1 aliphatic rings. The van der Waals surface area contributed by atoms with Gasteiger partial charge in [0.25, 0.3) is 0 Å². The number of carbonyl (C=O) groups is 1. The van der Waals surface area contributed by atoms with Crippen molar-refractivity contribution in [3.05, 3.63) is 106 Å². The van der Waals surface area contributed by atoms with Crippen LogP contribution in [-0.2, 0) is 12.8 Å². The lowest BCUT2D eigenvalue weighted by molar-refractivity contribution is 0.0702. The van der Waals surface area contributed by atoms with Crippen molar-refractivity contribution in [1.29, 1.82) is 5.26 Å². The first-order valence-electron chi connectivity index (χ1n) is 12.0. The van der Waals surface area contributed by atoms with E-state index >= 15 is 0 Å². The van der Waals surface area contributed by atoms with Crippen LogP contribution < -0.4 is 15.2 Å². The number of hydrogen-bond acceptors (Lipinski definition) is 6. The monoisotopic (exact) mass is 478 g/mol. The highest BCUT2D eigenvalue weighted by Crippen LogP contribution is 2.43. The summed E-state index contributed by atoms with van der Waals surface area (Å²) in [5.41, 5.74) is 11.9. The molecule has 36 heavy (non-hydrogen) atoms. The van der Waals surface area contributed by atoms with Gasteiger partial charge in [-0.25, -0.2) is 4.79 Å². The van der Waals surface area contributed by atoms with Crippen LogP contribution in [0.25, 0.3) is 11.0 Å². The van der Waals surface area contributed by atoms with Crippen molar-refractivity contribution >= 4 is 16.9 Å². The van der Waals surface area contributed by atoms with Crippen molar-refractivity contribution in [3.63, 3.8) is 0 Å². The van der Waals surface area contributed by atoms with Gasteiger partial charge in [-0.2, -0.15) is 5.26 Å². The number of hydrogen-bond donors (Lipinski definition) is 1. The molecule has 1 unspecified atom stereocenters. The van der Waals surface area contributed by atoms with Crippen molar-refractivity contribution in [3.8, 4) is 17.6 Å². The van der Waals surface area contributed by atoms with Gasteiger partial charge in [-0.3, -0.25) is 0 Å². The van der Waals surface area contributed by atoms with Gasteiger partial charge in [-0.15, -0.1) is 0 Å². The van der Waals surface area contributed by atoms with Gasteiger partial charge >= 0.3 is 5.97 Å². The molecule has 0 saturated carbocycles. The lowest BCUT2D eigenvalue weighted by Crippen LogP contribution is -2.21. The summed E-state index contributed by atoms with van der Waals surface area (Å²) < 4.78 is 17.3. The van der Waals surface area contributed by atoms with E-state index in [1.807, 2.05) is 49.4 Å². The van der Waals surface area contributed by atoms with Gasteiger partial charge < -0.3 is 19.6 Å². The molecule has 0 aliphatic carbocycles. The highest BCUT2D eigenvalue weighted by atomic mass is 16.5. The number of rotatable bonds is 5. The van der Waals surface area contributed by atoms with Gasteiger partial charge in [0.2, 0.25) is 11.6 Å². The van der Waals surface area contributed by atoms with Gasteiger partial charge in [0.05, 0.1) is 5.92 Å². The molecule has 0 amide bonds. The number of ether oxygens (including phenoxy) is 2. The summed E-state index contributed by atoms with van der Waals surface area (Å²) in [6.45, 7) is 6.02. The number of nitrogens with two attached hydrogens (primary N) is 1. The molecule has 3 aromatic carbocycles. The maximum Gasteiger partial charge on any atom is 0.379 e. The van der Waals surface area contributed by atoms with Crippen molar-refractivity contribution in [2.45, 2.75) is 39.5 Å². The molecule has 1 aliphatic heterocycles. The smallest absolute Gasteiger partial charge is 0.379 e. The van der Waals surface area contributed by atoms with Crippen molar-refractivity contribution in [2.24, 2.45) is 5.73 Å². The first-order chi connectivity index (χ1) is 17.4. The molecule has 0 spiro atoms. The van der Waals surface area contributed by atoms with E-state index in [1.54, 1.807) is 18.2 Å². The molecule has 2 N–H and O–H groups in total. The number of nitriles is 1. The Morgan fingerprint density at radius 3 is 2.44 bits per heavy atom. The normalized spacial score (nSPS) is 14.8. The maximum atomic E-state index is 13.0. The average molecular weight is 479 g/mol. The quantitative estimate of drug-likeness (QED) is 0.267. The van der Waals surface area contributed by atoms with Crippen LogP contribution in [0.15, 0.2) is 76.5 Å². The third kappa shape index (κ3) is 3.99. The van der Waals surface area contributed by atoms with Crippen LogP contribution >= 0.6 is 0 Å². The van der Waals surface area contributed by atoms with E-state index in [9.17, 15) is 10.1 Å². The van der Waals surface area contributed by atoms with Crippen LogP contribution in [-0.4, -0.2) is 5.97 Å². The topological polar surface area (TPSA) is 98.5 Å². The van der Waals surface area contributed by atoms with Crippen molar-refractivity contribution in [2.75, 3.05) is 0 Å². The second-order valence-electron chi connectivity index (χ2n) is 8.85. The Kier molecular flexibility index (Phi) is 5.99. The van der Waals surface area contributed by atoms with Crippen LogP contribution in [0.5, 0.6) is 11.5 Å². The lowest BCUT2D eigenvalue weighted by atomic mass is 9.83. The van der Waals surface area contributed by atoms with Crippen LogP contribution in [0.4, 0.5) is 0 Å². The zero-order valence-electron chi connectivity index (χ0n) is 20.4. The zero-order valence-corrected chi connectivity index (χ0v) is 20.4. The van der Waals surface area contributed by atoms with Crippen LogP contribution in [0.3, 0.4) is 0 Å². The molecule has 0 radical (unpaired) electrons. The molecule has 180 valence electrons. The van der Waals surface area contributed by atoms with Gasteiger partial charge in [0.15, 0.2) is 0 Å². The molecular weight excluding hydrogens is 452 g/mol. The van der Waals surface area contributed by atoms with E-state index in [0.29, 0.717) is 22.7 Å². The molecule has 1 aromatic heterocycles. The van der Waals surface area contributed by atoms with Crippen molar-refractivity contribution < 1.29 is 18.7 Å². The molecule has 0 bridgehead atoms. The van der Waals surface area contributed by atoms with Gasteiger partial charge in [-0.1, -0.05) is 50.2 Å². The Morgan fingerprint density at radius 1 is 1.03 bits per heavy atom. The SMILES string of the molecule is CCc1ccc(C2C(C#N)=C(N)Oc3cc(OC(=O)c4oc5ccc(CC)cc5c4C)ccc32)cc1. The van der Waals surface area contributed by atoms with Gasteiger partial charge in [0.1, 0.15) is 28.7 Å². The number of allylic oxidation sites excluding steroid dienone is 1. The fourth-order valence-corrected chi connectivity index (χ4v) is 4.62. The van der Waals surface area contributed by atoms with E-state index in [2.05, 4.69) is 19.9 Å². The first kappa shape index (κ1) is 23.3. The molecule has 4 aromatic rings. The van der Waals surface area contributed by atoms with E-state index in [1.165, 1.54) is 11.1 Å². The number of fused-ring (bicyclic) bond motifs is 2. The summed E-state index contributed by atoms with van der Waals surface area (Å²) in [5, 5.41) is 10.7. The Hall–Kier alpha value is -4.50. The number of furan rings is 1. The molecule has 0 fully saturated rings. The molecule has 5 rings (SSSR count). The molecule has 1 atom stereocenters. The average Bonchev–Trinajstić information content (AvgIpc) is 3.23. The van der Waals surface area contributed by atoms with Crippen molar-refractivity contribution in [1.82, 2.24) is 0 Å². The number of aryl methyl sites for hydroxylation is 3. The Labute approximate surface area is 209 Å². The van der Waals surface area contributed by atoms with Crippen LogP contribution in [0.1, 0.15) is 58.1 Å². The largest absolute Gasteiger partial charge is 0.449 e. The summed E-state index contributed by atoms with van der Waals surface area (Å²) in [6, 6.07) is 21.3. The van der Waals surface area contributed by atoms with E-state index in [-0.39, 0.29) is 17.6 Å². The zero-order chi connectivity index (χ0) is 25.4. The fraction of sp³-hybridized carbons (Fsp3) is 0.200. The standard InChI is InChI=1S/C30H26N2O4/c1-4-18-6-9-20(10-7-18)27-22-12-11-21(15-26(22)36-29(32)24(27)16-31)34-30(33)28-17(3)23-14-19(5-2)8-13-25(23)35-28/h6-15,27H,4-5,32H2,1-3H3. The number of nitrogens with zero attached hydrogens (tertiary/aromatic N) is 1. The summed E-state index contributed by atoms with van der Waals surface area (Å²) in [6.07, 6.45) is 1.82. The summed E-state index contributed by atoms with van der Waals surface area (Å²) in [7, 11) is 0. The predicted molar refractivity (Wildman–Crippen MR) is 137 cm³/mol. The minimum absolute atomic E-state index is 0.0397. The number of esters is 1. The third-order valence-electron chi connectivity index (χ3n) is 6.72. The summed E-state index contributed by atoms with van der Waals surface area (Å²) >= 11 is 0. The first-order valence-corrected chi connectivity index (χ1v) is 12.0. The Balaban J connectivity index is 1.47. The fourth-order valence-electron chi connectivity index (χ4n) is 4.62. The predicted octanol–water partition coefficient (Wildman–Crippen LogP) is 6.30. The highest BCUT2D eigenvalue weighted by Gasteiger charge is 2.31. The van der Waals surface area contributed by atoms with E-state index in [0.717, 1.165) is 34.9 Å². The summed E-state index contributed by atoms with van der Waals surface area (Å²) in [5.74, 6) is -0.0310. The highest BCUT2D eigenvalue weighted by molar-refractivity contribution is 5.97. The number of carbonyl (C=O) groups excluding carboxylic acids is 1. The maximum absolute atomic E-state index is 13.0. The molecule has 2 heterocycles. The molecule has 6 nitrogen and oxygen atoms in total. The Bertz CT molecular complexity index is 1550. The van der Waals surface area contributed by atoms with Crippen LogP contribution in [0, 0.1) is 18.3 Å². The minimum Gasteiger partial charge on any atom is -0.449 e. The Morgan fingerprint density at radius 2 is 1.75 bits per heavy atom. The minimum atomic E-state index is -0.592. The number of benzene rings is 3. The van der Waals surface area contributed by atoms with Gasteiger partial charge in [0, 0.05) is 22.6 Å².